The number of anilines is 1. The molecule has 2 atom stereocenters. The summed E-state index contributed by atoms with van der Waals surface area (Å²) in [5.41, 5.74) is 1.20. The lowest BCUT2D eigenvalue weighted by Gasteiger charge is -2.45. The average Bonchev–Trinajstić information content (AvgIpc) is 2.47. The van der Waals surface area contributed by atoms with Crippen molar-refractivity contribution in [3.63, 3.8) is 0 Å². The summed E-state index contributed by atoms with van der Waals surface area (Å²) in [7, 11) is 1.67. The van der Waals surface area contributed by atoms with Crippen LogP contribution in [0.15, 0.2) is 18.2 Å². The molecule has 1 heterocycles. The second-order valence-electron chi connectivity index (χ2n) is 6.54. The predicted molar refractivity (Wildman–Crippen MR) is 90.6 cm³/mol. The van der Waals surface area contributed by atoms with Crippen molar-refractivity contribution in [3.05, 3.63) is 23.2 Å². The Bertz CT molecular complexity index is 476. The highest BCUT2D eigenvalue weighted by atomic mass is 35.5. The molecular weight excluding hydrogens is 284 g/mol. The number of hydrogen-bond donors (Lipinski definition) is 1. The predicted octanol–water partition coefficient (Wildman–Crippen LogP) is 3.81. The third-order valence-corrected chi connectivity index (χ3v) is 4.74. The van der Waals surface area contributed by atoms with Crippen LogP contribution in [0.2, 0.25) is 5.02 Å². The molecule has 0 aliphatic carbocycles. The number of hydrogen-bond acceptors (Lipinski definition) is 3. The third-order valence-electron chi connectivity index (χ3n) is 4.42. The molecule has 1 saturated heterocycles. The fraction of sp³-hybridized carbons (Fsp3) is 0.647. The molecule has 1 aliphatic heterocycles. The summed E-state index contributed by atoms with van der Waals surface area (Å²) >= 11 is 6.16. The lowest BCUT2D eigenvalue weighted by molar-refractivity contribution is 0.295. The molecule has 0 spiro atoms. The van der Waals surface area contributed by atoms with Gasteiger partial charge in [-0.3, -0.25) is 0 Å². The molecule has 0 aromatic heterocycles. The van der Waals surface area contributed by atoms with Crippen LogP contribution in [0.5, 0.6) is 5.75 Å². The molecule has 1 aromatic rings. The van der Waals surface area contributed by atoms with E-state index >= 15 is 0 Å². The van der Waals surface area contributed by atoms with Gasteiger partial charge >= 0.3 is 0 Å². The Kier molecular flexibility index (Phi) is 5.39. The van der Waals surface area contributed by atoms with E-state index in [0.717, 1.165) is 18.8 Å². The molecule has 3 nitrogen and oxygen atoms in total. The van der Waals surface area contributed by atoms with E-state index in [4.69, 9.17) is 16.3 Å². The molecule has 21 heavy (non-hydrogen) atoms. The van der Waals surface area contributed by atoms with E-state index in [0.29, 0.717) is 28.9 Å². The van der Waals surface area contributed by atoms with Crippen LogP contribution < -0.4 is 15.0 Å². The minimum atomic E-state index is 0.492. The molecule has 1 N–H and O–H groups in total. The highest BCUT2D eigenvalue weighted by molar-refractivity contribution is 6.32. The Balaban J connectivity index is 2.30. The van der Waals surface area contributed by atoms with Crippen molar-refractivity contribution >= 4 is 17.3 Å². The standard InChI is InChI=1S/C17H27ClN2O/c1-11(2)15-10-20(16(9-19-15)12(3)4)13-6-7-14(18)17(8-13)21-5/h6-8,11-12,15-16,19H,9-10H2,1-5H3. The van der Waals surface area contributed by atoms with E-state index in [1.165, 1.54) is 5.69 Å². The molecule has 0 saturated carbocycles. The van der Waals surface area contributed by atoms with Crippen molar-refractivity contribution in [1.29, 1.82) is 0 Å². The van der Waals surface area contributed by atoms with Gasteiger partial charge in [-0.15, -0.1) is 0 Å². The van der Waals surface area contributed by atoms with Gasteiger partial charge in [0, 0.05) is 36.9 Å². The van der Waals surface area contributed by atoms with Gasteiger partial charge in [0.25, 0.3) is 0 Å². The number of benzene rings is 1. The molecule has 0 amide bonds. The second-order valence-corrected chi connectivity index (χ2v) is 6.95. The highest BCUT2D eigenvalue weighted by Crippen LogP contribution is 2.32. The molecular formula is C17H27ClN2O. The number of nitrogens with zero attached hydrogens (tertiary/aromatic N) is 1. The van der Waals surface area contributed by atoms with Gasteiger partial charge in [0.1, 0.15) is 5.75 Å². The van der Waals surface area contributed by atoms with Crippen molar-refractivity contribution in [3.8, 4) is 5.75 Å². The van der Waals surface area contributed by atoms with Crippen LogP contribution in [0, 0.1) is 11.8 Å². The molecule has 4 heteroatoms. The smallest absolute Gasteiger partial charge is 0.139 e. The van der Waals surface area contributed by atoms with Gasteiger partial charge in [-0.1, -0.05) is 39.3 Å². The van der Waals surface area contributed by atoms with Crippen LogP contribution >= 0.6 is 11.6 Å². The fourth-order valence-electron chi connectivity index (χ4n) is 2.96. The number of ether oxygens (including phenoxy) is 1. The summed E-state index contributed by atoms with van der Waals surface area (Å²) in [4.78, 5) is 2.50. The van der Waals surface area contributed by atoms with Crippen molar-refractivity contribution in [2.24, 2.45) is 11.8 Å². The van der Waals surface area contributed by atoms with Crippen LogP contribution in [0.4, 0.5) is 5.69 Å². The Morgan fingerprint density at radius 3 is 2.52 bits per heavy atom. The van der Waals surface area contributed by atoms with Crippen molar-refractivity contribution in [2.75, 3.05) is 25.1 Å². The molecule has 1 aliphatic rings. The van der Waals surface area contributed by atoms with E-state index < -0.39 is 0 Å². The number of halogens is 1. The fourth-order valence-corrected chi connectivity index (χ4v) is 3.15. The van der Waals surface area contributed by atoms with Crippen molar-refractivity contribution in [1.82, 2.24) is 5.32 Å². The van der Waals surface area contributed by atoms with Crippen LogP contribution in [0.25, 0.3) is 0 Å². The quantitative estimate of drug-likeness (QED) is 0.915. The average molecular weight is 311 g/mol. The maximum absolute atomic E-state index is 6.16. The highest BCUT2D eigenvalue weighted by Gasteiger charge is 2.31. The second kappa shape index (κ2) is 6.89. The van der Waals surface area contributed by atoms with E-state index in [9.17, 15) is 0 Å². The van der Waals surface area contributed by atoms with Crippen molar-refractivity contribution < 1.29 is 4.74 Å². The van der Waals surface area contributed by atoms with Gasteiger partial charge in [-0.05, 0) is 24.0 Å². The Morgan fingerprint density at radius 1 is 1.24 bits per heavy atom. The summed E-state index contributed by atoms with van der Waals surface area (Å²) < 4.78 is 5.37. The first-order valence-corrected chi connectivity index (χ1v) is 8.15. The third kappa shape index (κ3) is 3.64. The minimum Gasteiger partial charge on any atom is -0.495 e. The zero-order chi connectivity index (χ0) is 15.6. The molecule has 2 rings (SSSR count). The lowest BCUT2D eigenvalue weighted by Crippen LogP contribution is -2.60. The first-order valence-electron chi connectivity index (χ1n) is 7.77. The van der Waals surface area contributed by atoms with E-state index in [-0.39, 0.29) is 0 Å². The SMILES string of the molecule is COc1cc(N2CC(C(C)C)NCC2C(C)C)ccc1Cl. The Morgan fingerprint density at radius 2 is 1.95 bits per heavy atom. The Hall–Kier alpha value is -0.930. The number of methoxy groups -OCH3 is 1. The number of rotatable bonds is 4. The van der Waals surface area contributed by atoms with E-state index in [1.54, 1.807) is 7.11 Å². The molecule has 0 radical (unpaired) electrons. The number of piperazine rings is 1. The largest absolute Gasteiger partial charge is 0.495 e. The summed E-state index contributed by atoms with van der Waals surface area (Å²) in [5.74, 6) is 1.96. The monoisotopic (exact) mass is 310 g/mol. The van der Waals surface area contributed by atoms with Gasteiger partial charge in [0.05, 0.1) is 12.1 Å². The number of nitrogens with one attached hydrogen (secondary N) is 1. The van der Waals surface area contributed by atoms with Gasteiger partial charge in [-0.2, -0.15) is 0 Å². The Labute approximate surface area is 133 Å². The zero-order valence-electron chi connectivity index (χ0n) is 13.7. The first-order chi connectivity index (χ1) is 9.93. The summed E-state index contributed by atoms with van der Waals surface area (Å²) in [6.07, 6.45) is 0. The van der Waals surface area contributed by atoms with Crippen LogP contribution in [0.3, 0.4) is 0 Å². The summed E-state index contributed by atoms with van der Waals surface area (Å²) in [5, 5.41) is 4.36. The zero-order valence-corrected chi connectivity index (χ0v) is 14.4. The van der Waals surface area contributed by atoms with Gasteiger partial charge in [0.15, 0.2) is 0 Å². The van der Waals surface area contributed by atoms with E-state index in [1.807, 2.05) is 6.07 Å². The molecule has 118 valence electrons. The van der Waals surface area contributed by atoms with Gasteiger partial charge in [0.2, 0.25) is 0 Å². The van der Waals surface area contributed by atoms with Gasteiger partial charge in [-0.25, -0.2) is 0 Å². The maximum atomic E-state index is 6.16. The van der Waals surface area contributed by atoms with Crippen molar-refractivity contribution in [2.45, 2.75) is 39.8 Å². The topological polar surface area (TPSA) is 24.5 Å². The molecule has 0 bridgehead atoms. The lowest BCUT2D eigenvalue weighted by atomic mass is 9.93. The van der Waals surface area contributed by atoms with Gasteiger partial charge < -0.3 is 15.0 Å². The maximum Gasteiger partial charge on any atom is 0.139 e. The molecule has 2 unspecified atom stereocenters. The minimum absolute atomic E-state index is 0.492. The van der Waals surface area contributed by atoms with Crippen LogP contribution in [-0.2, 0) is 0 Å². The van der Waals surface area contributed by atoms with Crippen LogP contribution in [-0.4, -0.2) is 32.3 Å². The van der Waals surface area contributed by atoms with E-state index in [2.05, 4.69) is 50.0 Å². The summed E-state index contributed by atoms with van der Waals surface area (Å²) in [6.45, 7) is 11.1. The molecule has 1 fully saturated rings. The molecule has 1 aromatic carbocycles. The first kappa shape index (κ1) is 16.4. The summed E-state index contributed by atoms with van der Waals surface area (Å²) in [6, 6.07) is 7.09. The van der Waals surface area contributed by atoms with Crippen LogP contribution in [0.1, 0.15) is 27.7 Å². The normalized spacial score (nSPS) is 23.0.